The molecule has 2 aromatic rings. The van der Waals surface area contributed by atoms with Crippen LogP contribution in [0, 0.1) is 24.6 Å². The van der Waals surface area contributed by atoms with Crippen molar-refractivity contribution >= 4 is 5.84 Å². The molecule has 0 saturated heterocycles. The number of ether oxygens (including phenoxy) is 1. The van der Waals surface area contributed by atoms with Gasteiger partial charge in [-0.3, -0.25) is 4.99 Å². The van der Waals surface area contributed by atoms with E-state index in [9.17, 15) is 4.39 Å². The summed E-state index contributed by atoms with van der Waals surface area (Å²) < 4.78 is 21.3. The summed E-state index contributed by atoms with van der Waals surface area (Å²) >= 11 is 0. The highest BCUT2D eigenvalue weighted by atomic mass is 19.1. The molecule has 4 nitrogen and oxygen atoms in total. The molecule has 28 heavy (non-hydrogen) atoms. The van der Waals surface area contributed by atoms with E-state index in [0.29, 0.717) is 30.6 Å². The Morgan fingerprint density at radius 1 is 1.21 bits per heavy atom. The standard InChI is InChI=1S/C23H34FN3O/c1-7-18(5)19(6)12-23(27-15-17(4)14-26-27)25-11-10-20-8-9-21(24)13-22(20)28-16(2)3/h8-9,13-16,18-19H,7,10-12H2,1-6H3/b25-23+/t18-,19?/m1/s1. The largest absolute Gasteiger partial charge is 0.491 e. The molecule has 1 heterocycles. The summed E-state index contributed by atoms with van der Waals surface area (Å²) in [5.41, 5.74) is 2.10. The van der Waals surface area contributed by atoms with E-state index in [0.717, 1.165) is 29.8 Å². The Morgan fingerprint density at radius 2 is 1.96 bits per heavy atom. The van der Waals surface area contributed by atoms with Crippen LogP contribution in [0.5, 0.6) is 5.75 Å². The van der Waals surface area contributed by atoms with Crippen molar-refractivity contribution < 1.29 is 9.13 Å². The third-order valence-electron chi connectivity index (χ3n) is 5.16. The van der Waals surface area contributed by atoms with Crippen LogP contribution in [0.2, 0.25) is 0 Å². The number of hydrogen-bond donors (Lipinski definition) is 0. The van der Waals surface area contributed by atoms with Crippen molar-refractivity contribution in [1.82, 2.24) is 9.78 Å². The SMILES string of the molecule is CC[C@@H](C)C(C)C/C(=N\CCc1ccc(F)cc1OC(C)C)n1cc(C)cn1. The van der Waals surface area contributed by atoms with E-state index >= 15 is 0 Å². The number of aliphatic imine (C=N–C) groups is 1. The fourth-order valence-corrected chi connectivity index (χ4v) is 3.08. The predicted octanol–water partition coefficient (Wildman–Crippen LogP) is 5.68. The highest BCUT2D eigenvalue weighted by Crippen LogP contribution is 2.23. The number of benzene rings is 1. The lowest BCUT2D eigenvalue weighted by Crippen LogP contribution is -2.20. The molecule has 0 fully saturated rings. The van der Waals surface area contributed by atoms with Gasteiger partial charge in [-0.1, -0.05) is 33.3 Å². The van der Waals surface area contributed by atoms with Gasteiger partial charge in [0.05, 0.1) is 12.3 Å². The molecule has 0 amide bonds. The average molecular weight is 388 g/mol. The molecule has 0 saturated carbocycles. The van der Waals surface area contributed by atoms with E-state index in [2.05, 4.69) is 25.9 Å². The van der Waals surface area contributed by atoms with Crippen LogP contribution in [0.15, 0.2) is 35.6 Å². The minimum absolute atomic E-state index is 0.00282. The molecule has 0 N–H and O–H groups in total. The summed E-state index contributed by atoms with van der Waals surface area (Å²) in [6, 6.07) is 4.74. The van der Waals surface area contributed by atoms with Gasteiger partial charge in [-0.05, 0) is 56.2 Å². The second-order valence-corrected chi connectivity index (χ2v) is 8.00. The van der Waals surface area contributed by atoms with E-state index in [4.69, 9.17) is 9.73 Å². The third kappa shape index (κ3) is 6.47. The van der Waals surface area contributed by atoms with Crippen LogP contribution in [0.3, 0.4) is 0 Å². The highest BCUT2D eigenvalue weighted by Gasteiger charge is 2.15. The topological polar surface area (TPSA) is 39.4 Å². The van der Waals surface area contributed by atoms with Crippen LogP contribution in [0.25, 0.3) is 0 Å². The second-order valence-electron chi connectivity index (χ2n) is 8.00. The maximum atomic E-state index is 13.6. The van der Waals surface area contributed by atoms with Crippen molar-refractivity contribution in [3.05, 3.63) is 47.5 Å². The molecule has 1 aromatic heterocycles. The zero-order valence-electron chi connectivity index (χ0n) is 18.1. The smallest absolute Gasteiger partial charge is 0.126 e. The summed E-state index contributed by atoms with van der Waals surface area (Å²) in [6.45, 7) is 13.3. The molecule has 154 valence electrons. The van der Waals surface area contributed by atoms with E-state index in [-0.39, 0.29) is 11.9 Å². The van der Waals surface area contributed by atoms with Gasteiger partial charge in [-0.2, -0.15) is 5.10 Å². The van der Waals surface area contributed by atoms with Crippen LogP contribution in [-0.4, -0.2) is 28.3 Å². The Morgan fingerprint density at radius 3 is 2.57 bits per heavy atom. The Kier molecular flexibility index (Phi) is 8.21. The van der Waals surface area contributed by atoms with Crippen LogP contribution in [0.4, 0.5) is 4.39 Å². The molecule has 2 rings (SSSR count). The van der Waals surface area contributed by atoms with Gasteiger partial charge in [-0.15, -0.1) is 0 Å². The van der Waals surface area contributed by atoms with E-state index < -0.39 is 0 Å². The number of nitrogens with zero attached hydrogens (tertiary/aromatic N) is 3. The molecule has 0 aliphatic carbocycles. The van der Waals surface area contributed by atoms with Crippen molar-refractivity contribution in [2.75, 3.05) is 6.54 Å². The fourth-order valence-electron chi connectivity index (χ4n) is 3.08. The Hall–Kier alpha value is -2.17. The monoisotopic (exact) mass is 387 g/mol. The normalized spacial score (nSPS) is 14.4. The Balaban J connectivity index is 2.16. The Bertz CT molecular complexity index is 782. The zero-order valence-corrected chi connectivity index (χ0v) is 18.1. The van der Waals surface area contributed by atoms with Crippen LogP contribution in [-0.2, 0) is 6.42 Å². The highest BCUT2D eigenvalue weighted by molar-refractivity contribution is 5.84. The maximum Gasteiger partial charge on any atom is 0.126 e. The minimum atomic E-state index is -0.280. The third-order valence-corrected chi connectivity index (χ3v) is 5.16. The molecule has 0 radical (unpaired) electrons. The molecule has 5 heteroatoms. The number of aromatic nitrogens is 2. The molecule has 0 spiro atoms. The molecule has 1 unspecified atom stereocenters. The van der Waals surface area contributed by atoms with E-state index in [1.54, 1.807) is 6.07 Å². The summed E-state index contributed by atoms with van der Waals surface area (Å²) in [4.78, 5) is 4.87. The number of halogens is 1. The van der Waals surface area contributed by atoms with Crippen LogP contribution >= 0.6 is 0 Å². The second kappa shape index (κ2) is 10.4. The fraction of sp³-hybridized carbons (Fsp3) is 0.565. The van der Waals surface area contributed by atoms with Gasteiger partial charge in [0.15, 0.2) is 0 Å². The molecule has 0 aliphatic rings. The summed E-state index contributed by atoms with van der Waals surface area (Å²) in [7, 11) is 0. The molecular formula is C23H34FN3O. The summed E-state index contributed by atoms with van der Waals surface area (Å²) in [6.07, 6.45) is 6.62. The van der Waals surface area contributed by atoms with Gasteiger partial charge in [0.2, 0.25) is 0 Å². The van der Waals surface area contributed by atoms with Gasteiger partial charge in [0, 0.05) is 25.2 Å². The molecule has 2 atom stereocenters. The summed E-state index contributed by atoms with van der Waals surface area (Å²) in [5.74, 6) is 2.46. The van der Waals surface area contributed by atoms with Gasteiger partial charge in [0.25, 0.3) is 0 Å². The first-order chi connectivity index (χ1) is 13.3. The predicted molar refractivity (Wildman–Crippen MR) is 114 cm³/mol. The quantitative estimate of drug-likeness (QED) is 0.410. The van der Waals surface area contributed by atoms with Gasteiger partial charge in [-0.25, -0.2) is 9.07 Å². The van der Waals surface area contributed by atoms with Gasteiger partial charge >= 0.3 is 0 Å². The van der Waals surface area contributed by atoms with Crippen molar-refractivity contribution in [2.45, 2.75) is 66.9 Å². The van der Waals surface area contributed by atoms with Crippen molar-refractivity contribution in [1.29, 1.82) is 0 Å². The number of hydrogen-bond acceptors (Lipinski definition) is 3. The van der Waals surface area contributed by atoms with Crippen molar-refractivity contribution in [2.24, 2.45) is 16.8 Å². The first kappa shape index (κ1) is 22.1. The maximum absolute atomic E-state index is 13.6. The Labute approximate surface area is 168 Å². The lowest BCUT2D eigenvalue weighted by atomic mass is 9.90. The van der Waals surface area contributed by atoms with Crippen molar-refractivity contribution in [3.63, 3.8) is 0 Å². The van der Waals surface area contributed by atoms with Crippen molar-refractivity contribution in [3.8, 4) is 5.75 Å². The lowest BCUT2D eigenvalue weighted by molar-refractivity contribution is 0.239. The molecule has 1 aromatic carbocycles. The van der Waals surface area contributed by atoms with Crippen LogP contribution in [0.1, 0.15) is 58.6 Å². The first-order valence-corrected chi connectivity index (χ1v) is 10.3. The van der Waals surface area contributed by atoms with E-state index in [1.165, 1.54) is 12.1 Å². The van der Waals surface area contributed by atoms with Gasteiger partial charge < -0.3 is 4.74 Å². The minimum Gasteiger partial charge on any atom is -0.491 e. The van der Waals surface area contributed by atoms with Gasteiger partial charge in [0.1, 0.15) is 17.4 Å². The first-order valence-electron chi connectivity index (χ1n) is 10.3. The number of rotatable bonds is 9. The number of aryl methyl sites for hydroxylation is 1. The zero-order chi connectivity index (χ0) is 20.7. The molecule has 0 bridgehead atoms. The van der Waals surface area contributed by atoms with E-state index in [1.807, 2.05) is 37.8 Å². The molecule has 0 aliphatic heterocycles. The van der Waals surface area contributed by atoms with Crippen LogP contribution < -0.4 is 4.74 Å². The lowest BCUT2D eigenvalue weighted by Gasteiger charge is -2.19. The molecular weight excluding hydrogens is 353 g/mol. The average Bonchev–Trinajstić information content (AvgIpc) is 3.07. The summed E-state index contributed by atoms with van der Waals surface area (Å²) in [5, 5.41) is 4.46.